The molecule has 3 aliphatic heterocycles. The normalized spacial score (nSPS) is 28.8. The number of amides is 2. The van der Waals surface area contributed by atoms with E-state index in [4.69, 9.17) is 13.9 Å². The quantitative estimate of drug-likeness (QED) is 0.708. The highest BCUT2D eigenvalue weighted by Crippen LogP contribution is 2.52. The summed E-state index contributed by atoms with van der Waals surface area (Å²) in [7, 11) is 1.63. The fourth-order valence-corrected chi connectivity index (χ4v) is 4.84. The van der Waals surface area contributed by atoms with E-state index in [-0.39, 0.29) is 17.9 Å². The molecule has 5 rings (SSSR count). The smallest absolute Gasteiger partial charge is 0.230 e. The van der Waals surface area contributed by atoms with Gasteiger partial charge < -0.3 is 24.1 Å². The minimum atomic E-state index is -0.702. The number of fused-ring (bicyclic) bond motifs is 1. The molecule has 1 aromatic carbocycles. The maximum absolute atomic E-state index is 13.1. The van der Waals surface area contributed by atoms with Gasteiger partial charge in [-0.1, -0.05) is 24.3 Å². The van der Waals surface area contributed by atoms with Gasteiger partial charge in [0.1, 0.15) is 17.1 Å². The summed E-state index contributed by atoms with van der Waals surface area (Å²) >= 11 is 0. The van der Waals surface area contributed by atoms with Crippen molar-refractivity contribution in [3.8, 4) is 5.75 Å². The molecule has 0 radical (unpaired) electrons. The lowest BCUT2D eigenvalue weighted by atomic mass is 9.77. The van der Waals surface area contributed by atoms with Crippen molar-refractivity contribution in [2.45, 2.75) is 24.7 Å². The molecule has 2 amide bonds. The molecular weight excluding hydrogens is 384 g/mol. The van der Waals surface area contributed by atoms with Gasteiger partial charge >= 0.3 is 0 Å². The fraction of sp³-hybridized carbons (Fsp3) is 0.391. The fourth-order valence-electron chi connectivity index (χ4n) is 4.84. The molecule has 1 aromatic heterocycles. The second-order valence-corrected chi connectivity index (χ2v) is 8.06. The molecule has 0 aliphatic carbocycles. The molecular formula is C23H24N2O5. The van der Waals surface area contributed by atoms with E-state index >= 15 is 0 Å². The van der Waals surface area contributed by atoms with Crippen molar-refractivity contribution in [2.24, 2.45) is 11.8 Å². The van der Waals surface area contributed by atoms with Crippen molar-refractivity contribution in [1.29, 1.82) is 0 Å². The second-order valence-electron chi connectivity index (χ2n) is 8.06. The number of hydrogen-bond donors (Lipinski definition) is 1. The summed E-state index contributed by atoms with van der Waals surface area (Å²) in [6.45, 7) is 1.33. The van der Waals surface area contributed by atoms with Crippen LogP contribution >= 0.6 is 0 Å². The third-order valence-electron chi connectivity index (χ3n) is 6.28. The Bertz CT molecular complexity index is 968. The Morgan fingerprint density at radius 3 is 2.87 bits per heavy atom. The van der Waals surface area contributed by atoms with Crippen LogP contribution in [0.2, 0.25) is 0 Å². The van der Waals surface area contributed by atoms with Crippen LogP contribution in [0.3, 0.4) is 0 Å². The van der Waals surface area contributed by atoms with Crippen LogP contribution in [0.4, 0.5) is 0 Å². The van der Waals surface area contributed by atoms with E-state index in [0.717, 1.165) is 17.1 Å². The lowest BCUT2D eigenvalue weighted by Crippen LogP contribution is -2.44. The van der Waals surface area contributed by atoms with E-state index in [9.17, 15) is 9.59 Å². The number of methoxy groups -OCH3 is 1. The molecule has 4 atom stereocenters. The number of ether oxygens (including phenoxy) is 2. The highest BCUT2D eigenvalue weighted by atomic mass is 16.5. The van der Waals surface area contributed by atoms with Gasteiger partial charge in [-0.2, -0.15) is 0 Å². The molecule has 4 heterocycles. The molecule has 2 aromatic rings. The van der Waals surface area contributed by atoms with Crippen molar-refractivity contribution in [2.75, 3.05) is 20.2 Å². The number of likely N-dealkylation sites (tertiary alicyclic amines) is 1. The molecule has 1 spiro atoms. The van der Waals surface area contributed by atoms with Crippen molar-refractivity contribution >= 4 is 11.8 Å². The number of nitrogens with one attached hydrogen (secondary N) is 1. The summed E-state index contributed by atoms with van der Waals surface area (Å²) < 4.78 is 16.7. The van der Waals surface area contributed by atoms with Crippen molar-refractivity contribution in [3.63, 3.8) is 0 Å². The van der Waals surface area contributed by atoms with Crippen LogP contribution in [0, 0.1) is 11.8 Å². The lowest BCUT2D eigenvalue weighted by molar-refractivity contribution is -0.138. The van der Waals surface area contributed by atoms with E-state index in [2.05, 4.69) is 5.32 Å². The Morgan fingerprint density at radius 1 is 1.30 bits per heavy atom. The number of hydrogen-bond acceptors (Lipinski definition) is 5. The first-order valence-electron chi connectivity index (χ1n) is 10.2. The van der Waals surface area contributed by atoms with Crippen LogP contribution in [-0.4, -0.2) is 48.6 Å². The van der Waals surface area contributed by atoms with Crippen LogP contribution < -0.4 is 10.1 Å². The minimum absolute atomic E-state index is 0.0476. The molecule has 30 heavy (non-hydrogen) atoms. The van der Waals surface area contributed by atoms with Gasteiger partial charge in [0, 0.05) is 6.54 Å². The van der Waals surface area contributed by atoms with Gasteiger partial charge in [0.25, 0.3) is 0 Å². The minimum Gasteiger partial charge on any atom is -0.497 e. The zero-order valence-corrected chi connectivity index (χ0v) is 16.7. The summed E-state index contributed by atoms with van der Waals surface area (Å²) in [5, 5.41) is 3.00. The Morgan fingerprint density at radius 2 is 2.13 bits per heavy atom. The van der Waals surface area contributed by atoms with Crippen LogP contribution in [0.1, 0.15) is 11.3 Å². The van der Waals surface area contributed by atoms with Crippen molar-refractivity contribution in [3.05, 3.63) is 66.1 Å². The third kappa shape index (κ3) is 3.10. The Labute approximate surface area is 174 Å². The predicted molar refractivity (Wildman–Crippen MR) is 108 cm³/mol. The third-order valence-corrected chi connectivity index (χ3v) is 6.28. The first kappa shape index (κ1) is 18.9. The number of nitrogens with zero attached hydrogens (tertiary/aromatic N) is 1. The maximum Gasteiger partial charge on any atom is 0.230 e. The molecule has 1 N–H and O–H groups in total. The van der Waals surface area contributed by atoms with Gasteiger partial charge in [-0.3, -0.25) is 9.59 Å². The number of carbonyl (C=O) groups is 2. The van der Waals surface area contributed by atoms with Gasteiger partial charge in [0.15, 0.2) is 0 Å². The average Bonchev–Trinajstić information content (AvgIpc) is 3.52. The summed E-state index contributed by atoms with van der Waals surface area (Å²) in [4.78, 5) is 27.9. The Hall–Kier alpha value is -3.06. The average molecular weight is 408 g/mol. The molecule has 2 bridgehead atoms. The number of benzene rings is 1. The van der Waals surface area contributed by atoms with Gasteiger partial charge in [0.2, 0.25) is 11.8 Å². The summed E-state index contributed by atoms with van der Waals surface area (Å²) in [5.41, 5.74) is 0.407. The highest BCUT2D eigenvalue weighted by molar-refractivity contribution is 5.93. The number of furan rings is 1. The highest BCUT2D eigenvalue weighted by Gasteiger charge is 2.66. The molecule has 0 unspecified atom stereocenters. The summed E-state index contributed by atoms with van der Waals surface area (Å²) in [6.07, 6.45) is 5.84. The van der Waals surface area contributed by atoms with E-state index < -0.39 is 17.4 Å². The van der Waals surface area contributed by atoms with Crippen LogP contribution in [-0.2, 0) is 27.3 Å². The predicted octanol–water partition coefficient (Wildman–Crippen LogP) is 1.93. The van der Waals surface area contributed by atoms with Crippen LogP contribution in [0.15, 0.2) is 59.2 Å². The molecule has 7 heteroatoms. The SMILES string of the molecule is COc1ccc(CCNC(=O)[C@@H]2[C@H]3C=C[C@]4(CN(Cc5ccco5)C(=O)[C@@H]24)O3)cc1. The Balaban J connectivity index is 1.24. The largest absolute Gasteiger partial charge is 0.497 e. The molecule has 156 valence electrons. The van der Waals surface area contributed by atoms with Crippen LogP contribution in [0.5, 0.6) is 5.75 Å². The molecule has 3 aliphatic rings. The first-order chi connectivity index (χ1) is 14.6. The maximum atomic E-state index is 13.1. The van der Waals surface area contributed by atoms with E-state index in [1.165, 1.54) is 0 Å². The van der Waals surface area contributed by atoms with Gasteiger partial charge in [-0.05, 0) is 36.2 Å². The van der Waals surface area contributed by atoms with Crippen molar-refractivity contribution < 1.29 is 23.5 Å². The van der Waals surface area contributed by atoms with Crippen molar-refractivity contribution in [1.82, 2.24) is 10.2 Å². The summed E-state index contributed by atoms with van der Waals surface area (Å²) in [6, 6.07) is 11.4. The van der Waals surface area contributed by atoms with Crippen LogP contribution in [0.25, 0.3) is 0 Å². The van der Waals surface area contributed by atoms with Gasteiger partial charge in [-0.15, -0.1) is 0 Å². The monoisotopic (exact) mass is 408 g/mol. The zero-order chi connectivity index (χ0) is 20.7. The molecule has 7 nitrogen and oxygen atoms in total. The molecule has 0 saturated carbocycles. The first-order valence-corrected chi connectivity index (χ1v) is 10.2. The number of carbonyl (C=O) groups excluding carboxylic acids is 2. The zero-order valence-electron chi connectivity index (χ0n) is 16.7. The summed E-state index contributed by atoms with van der Waals surface area (Å²) in [5.74, 6) is 0.367. The molecule has 2 fully saturated rings. The van der Waals surface area contributed by atoms with Gasteiger partial charge in [0.05, 0.1) is 44.4 Å². The van der Waals surface area contributed by atoms with Gasteiger partial charge in [-0.25, -0.2) is 0 Å². The Kier molecular flexibility index (Phi) is 4.62. The standard InChI is InChI=1S/C23H24N2O5/c1-28-16-6-4-15(5-7-16)9-11-24-21(26)19-18-8-10-23(30-18)14-25(22(27)20(19)23)13-17-3-2-12-29-17/h2-8,10,12,18-20H,9,11,13-14H2,1H3,(H,24,26)/t18-,19-,20-,23-/m1/s1. The second kappa shape index (κ2) is 7.32. The topological polar surface area (TPSA) is 81.0 Å². The van der Waals surface area contributed by atoms with E-state index in [0.29, 0.717) is 26.1 Å². The lowest BCUT2D eigenvalue weighted by Gasteiger charge is -2.23. The number of rotatable bonds is 7. The van der Waals surface area contributed by atoms with E-state index in [1.807, 2.05) is 42.5 Å². The van der Waals surface area contributed by atoms with E-state index in [1.54, 1.807) is 24.3 Å². The molecule has 2 saturated heterocycles.